The summed E-state index contributed by atoms with van der Waals surface area (Å²) in [7, 11) is 0. The van der Waals surface area contributed by atoms with Crippen LogP contribution in [0.15, 0.2) is 0 Å². The molecular formula is C18H24N2O5S. The standard InChI is InChI=1S/C18H24N2O5S/c1-18(2,3)25-17(24)19-11-6-4-5-10-12(16(22)23)15(26-13(10)11)20-14(21)9-7-8-9/h9,11H,4-8H2,1-3H3,(H,19,24)(H,20,21)(H,22,23). The summed E-state index contributed by atoms with van der Waals surface area (Å²) in [5.41, 5.74) is 0.266. The molecule has 2 amide bonds. The quantitative estimate of drug-likeness (QED) is 0.739. The molecule has 7 nitrogen and oxygen atoms in total. The fourth-order valence-corrected chi connectivity index (χ4v) is 4.42. The van der Waals surface area contributed by atoms with Gasteiger partial charge in [0, 0.05) is 10.8 Å². The van der Waals surface area contributed by atoms with E-state index in [1.807, 2.05) is 0 Å². The van der Waals surface area contributed by atoms with Gasteiger partial charge in [-0.1, -0.05) is 0 Å². The second-order valence-corrected chi connectivity index (χ2v) is 8.86. The highest BCUT2D eigenvalue weighted by atomic mass is 32.1. The maximum absolute atomic E-state index is 12.1. The second kappa shape index (κ2) is 6.90. The van der Waals surface area contributed by atoms with Crippen LogP contribution in [0.1, 0.15) is 73.3 Å². The molecule has 0 aromatic carbocycles. The Morgan fingerprint density at radius 3 is 2.46 bits per heavy atom. The maximum atomic E-state index is 12.1. The van der Waals surface area contributed by atoms with Crippen molar-refractivity contribution >= 4 is 34.3 Å². The normalized spacial score (nSPS) is 19.4. The Bertz CT molecular complexity index is 745. The molecular weight excluding hydrogens is 356 g/mol. The van der Waals surface area contributed by atoms with Gasteiger partial charge in [-0.05, 0) is 58.4 Å². The monoisotopic (exact) mass is 380 g/mol. The minimum absolute atomic E-state index is 0.00791. The van der Waals surface area contributed by atoms with Crippen molar-refractivity contribution in [3.05, 3.63) is 16.0 Å². The summed E-state index contributed by atoms with van der Waals surface area (Å²) in [5.74, 6) is -1.18. The van der Waals surface area contributed by atoms with Crippen LogP contribution >= 0.6 is 11.3 Å². The van der Waals surface area contributed by atoms with Crippen molar-refractivity contribution in [3.8, 4) is 0 Å². The summed E-state index contributed by atoms with van der Waals surface area (Å²) in [6.07, 6.45) is 3.27. The molecule has 3 N–H and O–H groups in total. The lowest BCUT2D eigenvalue weighted by molar-refractivity contribution is -0.117. The van der Waals surface area contributed by atoms with Gasteiger partial charge < -0.3 is 20.5 Å². The summed E-state index contributed by atoms with van der Waals surface area (Å²) < 4.78 is 5.31. The van der Waals surface area contributed by atoms with Crippen LogP contribution in [0.5, 0.6) is 0 Å². The molecule has 1 aromatic rings. The minimum atomic E-state index is -1.05. The lowest BCUT2D eigenvalue weighted by atomic mass is 9.92. The van der Waals surface area contributed by atoms with Gasteiger partial charge in [-0.3, -0.25) is 4.79 Å². The van der Waals surface area contributed by atoms with Gasteiger partial charge in [-0.15, -0.1) is 11.3 Å². The number of hydrogen-bond donors (Lipinski definition) is 3. The minimum Gasteiger partial charge on any atom is -0.478 e. The molecule has 3 rings (SSSR count). The van der Waals surface area contributed by atoms with Gasteiger partial charge in [0.1, 0.15) is 10.6 Å². The fourth-order valence-electron chi connectivity index (χ4n) is 3.09. The number of carbonyl (C=O) groups is 3. The Morgan fingerprint density at radius 2 is 1.88 bits per heavy atom. The van der Waals surface area contributed by atoms with Crippen molar-refractivity contribution in [2.75, 3.05) is 5.32 Å². The van der Waals surface area contributed by atoms with Crippen molar-refractivity contribution in [2.45, 2.75) is 64.5 Å². The molecule has 1 fully saturated rings. The summed E-state index contributed by atoms with van der Waals surface area (Å²) in [6, 6.07) is -0.303. The molecule has 2 aliphatic carbocycles. The Balaban J connectivity index is 1.85. The van der Waals surface area contributed by atoms with E-state index in [2.05, 4.69) is 10.6 Å². The number of ether oxygens (including phenoxy) is 1. The first kappa shape index (κ1) is 18.7. The number of carboxylic acid groups (broad SMARTS) is 1. The summed E-state index contributed by atoms with van der Waals surface area (Å²) in [5, 5.41) is 15.6. The molecule has 0 spiro atoms. The van der Waals surface area contributed by atoms with Crippen molar-refractivity contribution in [1.29, 1.82) is 0 Å². The van der Waals surface area contributed by atoms with Crippen molar-refractivity contribution in [3.63, 3.8) is 0 Å². The number of carboxylic acids is 1. The van der Waals surface area contributed by atoms with E-state index in [4.69, 9.17) is 4.74 Å². The maximum Gasteiger partial charge on any atom is 0.408 e. The molecule has 2 aliphatic rings. The lowest BCUT2D eigenvalue weighted by Gasteiger charge is -2.26. The van der Waals surface area contributed by atoms with Crippen molar-refractivity contribution < 1.29 is 24.2 Å². The highest BCUT2D eigenvalue weighted by Crippen LogP contribution is 2.43. The Hall–Kier alpha value is -2.09. The Kier molecular flexibility index (Phi) is 4.96. The van der Waals surface area contributed by atoms with Gasteiger partial charge in [0.15, 0.2) is 0 Å². The number of hydrogen-bond acceptors (Lipinski definition) is 5. The molecule has 1 aromatic heterocycles. The number of amides is 2. The molecule has 0 bridgehead atoms. The number of aromatic carboxylic acids is 1. The van der Waals surface area contributed by atoms with Crippen LogP contribution in [0, 0.1) is 5.92 Å². The Morgan fingerprint density at radius 1 is 1.19 bits per heavy atom. The molecule has 8 heteroatoms. The van der Waals surface area contributed by atoms with Crippen LogP contribution in [0.2, 0.25) is 0 Å². The second-order valence-electron chi connectivity index (χ2n) is 7.81. The average molecular weight is 380 g/mol. The number of fused-ring (bicyclic) bond motifs is 1. The molecule has 1 heterocycles. The molecule has 142 valence electrons. The molecule has 0 aliphatic heterocycles. The third-order valence-corrected chi connectivity index (χ3v) is 5.63. The van der Waals surface area contributed by atoms with Gasteiger partial charge in [0.2, 0.25) is 5.91 Å². The van der Waals surface area contributed by atoms with Crippen molar-refractivity contribution in [2.24, 2.45) is 5.92 Å². The third-order valence-electron chi connectivity index (χ3n) is 4.36. The van der Waals surface area contributed by atoms with Gasteiger partial charge >= 0.3 is 12.1 Å². The van der Waals surface area contributed by atoms with Crippen LogP contribution in [0.25, 0.3) is 0 Å². The van der Waals surface area contributed by atoms with Gasteiger partial charge in [0.25, 0.3) is 0 Å². The molecule has 26 heavy (non-hydrogen) atoms. The van der Waals surface area contributed by atoms with E-state index in [1.54, 1.807) is 20.8 Å². The van der Waals surface area contributed by atoms with E-state index in [0.29, 0.717) is 23.4 Å². The zero-order valence-electron chi connectivity index (χ0n) is 15.2. The number of carbonyl (C=O) groups excluding carboxylic acids is 2. The van der Waals surface area contributed by atoms with E-state index in [0.717, 1.165) is 24.1 Å². The van der Waals surface area contributed by atoms with Gasteiger partial charge in [0.05, 0.1) is 11.6 Å². The SMILES string of the molecule is CC(C)(C)OC(=O)NC1CCCc2c1sc(NC(=O)C1CC1)c2C(=O)O. The lowest BCUT2D eigenvalue weighted by Crippen LogP contribution is -2.35. The van der Waals surface area contributed by atoms with Crippen molar-refractivity contribution in [1.82, 2.24) is 5.32 Å². The predicted molar refractivity (Wildman–Crippen MR) is 97.7 cm³/mol. The fraction of sp³-hybridized carbons (Fsp3) is 0.611. The van der Waals surface area contributed by atoms with Crippen LogP contribution in [-0.4, -0.2) is 28.7 Å². The number of thiophene rings is 1. The summed E-state index contributed by atoms with van der Waals surface area (Å²) in [6.45, 7) is 5.37. The van der Waals surface area contributed by atoms with E-state index < -0.39 is 17.7 Å². The number of alkyl carbamates (subject to hydrolysis) is 1. The molecule has 0 radical (unpaired) electrons. The Labute approximate surface area is 156 Å². The molecule has 1 saturated carbocycles. The van der Waals surface area contributed by atoms with E-state index in [1.165, 1.54) is 11.3 Å². The van der Waals surface area contributed by atoms with Gasteiger partial charge in [-0.25, -0.2) is 9.59 Å². The van der Waals surface area contributed by atoms with Crippen LogP contribution < -0.4 is 10.6 Å². The number of anilines is 1. The molecule has 1 atom stereocenters. The highest BCUT2D eigenvalue weighted by Gasteiger charge is 2.35. The topological polar surface area (TPSA) is 105 Å². The smallest absolute Gasteiger partial charge is 0.408 e. The van der Waals surface area contributed by atoms with E-state index in [9.17, 15) is 19.5 Å². The first-order valence-corrected chi connectivity index (χ1v) is 9.66. The van der Waals surface area contributed by atoms with E-state index in [-0.39, 0.29) is 23.4 Å². The first-order valence-electron chi connectivity index (χ1n) is 8.85. The van der Waals surface area contributed by atoms with Gasteiger partial charge in [-0.2, -0.15) is 0 Å². The largest absolute Gasteiger partial charge is 0.478 e. The van der Waals surface area contributed by atoms with Crippen LogP contribution in [0.4, 0.5) is 9.80 Å². The number of rotatable bonds is 4. The predicted octanol–water partition coefficient (Wildman–Crippen LogP) is 3.70. The molecule has 1 unspecified atom stereocenters. The zero-order valence-corrected chi connectivity index (χ0v) is 16.0. The highest BCUT2D eigenvalue weighted by molar-refractivity contribution is 7.17. The number of nitrogens with one attached hydrogen (secondary N) is 2. The van der Waals surface area contributed by atoms with Crippen LogP contribution in [-0.2, 0) is 16.0 Å². The summed E-state index contributed by atoms with van der Waals surface area (Å²) >= 11 is 1.25. The summed E-state index contributed by atoms with van der Waals surface area (Å²) in [4.78, 5) is 36.8. The first-order chi connectivity index (χ1) is 12.2. The molecule has 0 saturated heterocycles. The van der Waals surface area contributed by atoms with E-state index >= 15 is 0 Å². The van der Waals surface area contributed by atoms with Crippen LogP contribution in [0.3, 0.4) is 0 Å². The third kappa shape index (κ3) is 4.17. The zero-order chi connectivity index (χ0) is 19.1. The average Bonchev–Trinajstić information content (AvgIpc) is 3.27.